The lowest BCUT2D eigenvalue weighted by Crippen LogP contribution is -2.35. The zero-order chi connectivity index (χ0) is 11.1. The molecule has 3 unspecified atom stereocenters. The molecule has 1 aliphatic rings. The number of hydrogen-bond donors (Lipinski definition) is 1. The van der Waals surface area contributed by atoms with Crippen molar-refractivity contribution in [2.24, 2.45) is 5.92 Å². The van der Waals surface area contributed by atoms with Gasteiger partial charge in [0.25, 0.3) is 0 Å². The molecule has 0 aromatic carbocycles. The van der Waals surface area contributed by atoms with Crippen molar-refractivity contribution >= 4 is 0 Å². The van der Waals surface area contributed by atoms with Gasteiger partial charge in [0.1, 0.15) is 0 Å². The van der Waals surface area contributed by atoms with E-state index in [0.717, 1.165) is 19.1 Å². The second-order valence-electron chi connectivity index (χ2n) is 4.78. The Morgan fingerprint density at radius 2 is 2.20 bits per heavy atom. The molecule has 1 heterocycles. The Morgan fingerprint density at radius 3 is 2.73 bits per heavy atom. The highest BCUT2D eigenvalue weighted by Crippen LogP contribution is 2.23. The maximum absolute atomic E-state index is 5.71. The maximum atomic E-state index is 5.71. The molecule has 0 saturated carbocycles. The van der Waals surface area contributed by atoms with Gasteiger partial charge in [0, 0.05) is 12.6 Å². The first kappa shape index (κ1) is 13.0. The van der Waals surface area contributed by atoms with E-state index in [2.05, 4.69) is 26.1 Å². The van der Waals surface area contributed by atoms with Gasteiger partial charge in [-0.05, 0) is 45.1 Å². The van der Waals surface area contributed by atoms with Crippen LogP contribution in [-0.2, 0) is 4.74 Å². The minimum Gasteiger partial charge on any atom is -0.378 e. The van der Waals surface area contributed by atoms with Crippen molar-refractivity contribution in [3.8, 4) is 0 Å². The van der Waals surface area contributed by atoms with E-state index in [1.807, 2.05) is 0 Å². The van der Waals surface area contributed by atoms with Gasteiger partial charge < -0.3 is 10.1 Å². The van der Waals surface area contributed by atoms with Crippen molar-refractivity contribution in [2.45, 2.75) is 65.0 Å². The van der Waals surface area contributed by atoms with Gasteiger partial charge in [0.2, 0.25) is 0 Å². The lowest BCUT2D eigenvalue weighted by Gasteiger charge is -2.26. The van der Waals surface area contributed by atoms with Gasteiger partial charge >= 0.3 is 0 Å². The van der Waals surface area contributed by atoms with Crippen molar-refractivity contribution < 1.29 is 4.74 Å². The molecular weight excluding hydrogens is 186 g/mol. The van der Waals surface area contributed by atoms with Crippen molar-refractivity contribution in [3.63, 3.8) is 0 Å². The summed E-state index contributed by atoms with van der Waals surface area (Å²) in [6.07, 6.45) is 6.81. The van der Waals surface area contributed by atoms with E-state index < -0.39 is 0 Å². The van der Waals surface area contributed by atoms with Crippen LogP contribution in [0.2, 0.25) is 0 Å². The summed E-state index contributed by atoms with van der Waals surface area (Å²) in [4.78, 5) is 0. The van der Waals surface area contributed by atoms with Crippen LogP contribution in [0.1, 0.15) is 52.9 Å². The number of rotatable bonds is 7. The Bertz CT molecular complexity index is 155. The van der Waals surface area contributed by atoms with E-state index in [1.54, 1.807) is 0 Å². The quantitative estimate of drug-likeness (QED) is 0.702. The fraction of sp³-hybridized carbons (Fsp3) is 1.00. The molecule has 3 atom stereocenters. The van der Waals surface area contributed by atoms with Crippen molar-refractivity contribution in [2.75, 3.05) is 13.2 Å². The highest BCUT2D eigenvalue weighted by molar-refractivity contribution is 4.76. The number of ether oxygens (including phenoxy) is 1. The van der Waals surface area contributed by atoms with Crippen molar-refractivity contribution in [1.82, 2.24) is 5.32 Å². The average molecular weight is 213 g/mol. The molecule has 2 nitrogen and oxygen atoms in total. The molecule has 0 radical (unpaired) electrons. The Hall–Kier alpha value is -0.0800. The standard InChI is InChI=1S/C13H27NO/c1-4-8-14-11(3)12(5-2)10-13-7-6-9-15-13/h11-14H,4-10H2,1-3H3. The van der Waals surface area contributed by atoms with E-state index in [9.17, 15) is 0 Å². The summed E-state index contributed by atoms with van der Waals surface area (Å²) in [5.74, 6) is 0.777. The largest absolute Gasteiger partial charge is 0.378 e. The molecule has 0 bridgehead atoms. The molecule has 0 aliphatic carbocycles. The van der Waals surface area contributed by atoms with E-state index >= 15 is 0 Å². The summed E-state index contributed by atoms with van der Waals surface area (Å²) in [6, 6.07) is 0.638. The fourth-order valence-electron chi connectivity index (χ4n) is 2.43. The highest BCUT2D eigenvalue weighted by atomic mass is 16.5. The van der Waals surface area contributed by atoms with E-state index in [1.165, 1.54) is 32.1 Å². The summed E-state index contributed by atoms with van der Waals surface area (Å²) in [5, 5.41) is 3.60. The van der Waals surface area contributed by atoms with Crippen molar-refractivity contribution in [1.29, 1.82) is 0 Å². The van der Waals surface area contributed by atoms with Crippen LogP contribution in [0.5, 0.6) is 0 Å². The molecule has 90 valence electrons. The summed E-state index contributed by atoms with van der Waals surface area (Å²) in [7, 11) is 0. The summed E-state index contributed by atoms with van der Waals surface area (Å²) < 4.78 is 5.71. The first-order chi connectivity index (χ1) is 7.27. The second kappa shape index (κ2) is 7.24. The molecule has 1 N–H and O–H groups in total. The third-order valence-electron chi connectivity index (χ3n) is 3.54. The van der Waals surface area contributed by atoms with Crippen molar-refractivity contribution in [3.05, 3.63) is 0 Å². The predicted molar refractivity (Wildman–Crippen MR) is 65.1 cm³/mol. The summed E-state index contributed by atoms with van der Waals surface area (Å²) >= 11 is 0. The fourth-order valence-corrected chi connectivity index (χ4v) is 2.43. The van der Waals surface area contributed by atoms with Gasteiger partial charge in [-0.3, -0.25) is 0 Å². The molecule has 0 aromatic heterocycles. The van der Waals surface area contributed by atoms with E-state index in [4.69, 9.17) is 4.74 Å². The van der Waals surface area contributed by atoms with Crippen LogP contribution in [0.15, 0.2) is 0 Å². The molecule has 1 rings (SSSR count). The van der Waals surface area contributed by atoms with Crippen LogP contribution >= 0.6 is 0 Å². The Morgan fingerprint density at radius 1 is 1.40 bits per heavy atom. The van der Waals surface area contributed by atoms with Gasteiger partial charge in [-0.2, -0.15) is 0 Å². The minimum atomic E-state index is 0.542. The lowest BCUT2D eigenvalue weighted by atomic mass is 9.91. The Labute approximate surface area is 94.8 Å². The zero-order valence-electron chi connectivity index (χ0n) is 10.6. The smallest absolute Gasteiger partial charge is 0.0579 e. The SMILES string of the molecule is CCCNC(C)C(CC)CC1CCCO1. The summed E-state index contributed by atoms with van der Waals surface area (Å²) in [5.41, 5.74) is 0. The third-order valence-corrected chi connectivity index (χ3v) is 3.54. The topological polar surface area (TPSA) is 21.3 Å². The summed E-state index contributed by atoms with van der Waals surface area (Å²) in [6.45, 7) is 8.96. The Kier molecular flexibility index (Phi) is 6.26. The minimum absolute atomic E-state index is 0.542. The van der Waals surface area contributed by atoms with Gasteiger partial charge in [-0.1, -0.05) is 20.3 Å². The molecule has 15 heavy (non-hydrogen) atoms. The van der Waals surface area contributed by atoms with E-state index in [-0.39, 0.29) is 0 Å². The van der Waals surface area contributed by atoms with Crippen LogP contribution in [0.25, 0.3) is 0 Å². The van der Waals surface area contributed by atoms with Gasteiger partial charge in [-0.15, -0.1) is 0 Å². The molecule has 1 fully saturated rings. The first-order valence-corrected chi connectivity index (χ1v) is 6.62. The average Bonchev–Trinajstić information content (AvgIpc) is 2.75. The first-order valence-electron chi connectivity index (χ1n) is 6.62. The molecule has 0 spiro atoms. The van der Waals surface area contributed by atoms with Gasteiger partial charge in [0.15, 0.2) is 0 Å². The Balaban J connectivity index is 2.26. The van der Waals surface area contributed by atoms with Crippen LogP contribution in [0.4, 0.5) is 0 Å². The number of nitrogens with one attached hydrogen (secondary N) is 1. The third kappa shape index (κ3) is 4.52. The second-order valence-corrected chi connectivity index (χ2v) is 4.78. The van der Waals surface area contributed by atoms with Crippen LogP contribution in [-0.4, -0.2) is 25.3 Å². The molecule has 1 saturated heterocycles. The number of hydrogen-bond acceptors (Lipinski definition) is 2. The predicted octanol–water partition coefficient (Wildman–Crippen LogP) is 2.97. The molecule has 0 amide bonds. The van der Waals surface area contributed by atoms with E-state index in [0.29, 0.717) is 12.1 Å². The lowest BCUT2D eigenvalue weighted by molar-refractivity contribution is 0.0831. The molecular formula is C13H27NO. The highest BCUT2D eigenvalue weighted by Gasteiger charge is 2.23. The molecule has 2 heteroatoms. The zero-order valence-corrected chi connectivity index (χ0v) is 10.6. The molecule has 0 aromatic rings. The maximum Gasteiger partial charge on any atom is 0.0579 e. The van der Waals surface area contributed by atoms with Crippen LogP contribution in [0.3, 0.4) is 0 Å². The van der Waals surface area contributed by atoms with Crippen LogP contribution in [0, 0.1) is 5.92 Å². The van der Waals surface area contributed by atoms with Gasteiger partial charge in [-0.25, -0.2) is 0 Å². The van der Waals surface area contributed by atoms with Crippen LogP contribution < -0.4 is 5.32 Å². The molecule has 1 aliphatic heterocycles. The van der Waals surface area contributed by atoms with Gasteiger partial charge in [0.05, 0.1) is 6.10 Å². The monoisotopic (exact) mass is 213 g/mol. The normalized spacial score (nSPS) is 25.4.